The van der Waals surface area contributed by atoms with E-state index < -0.39 is 0 Å². The molecule has 3 aromatic rings. The number of anilines is 2. The van der Waals surface area contributed by atoms with Gasteiger partial charge in [0.1, 0.15) is 22.9 Å². The monoisotopic (exact) mass is 452 g/mol. The van der Waals surface area contributed by atoms with Gasteiger partial charge in [-0.1, -0.05) is 13.0 Å². The van der Waals surface area contributed by atoms with Gasteiger partial charge in [-0.2, -0.15) is 9.97 Å². The van der Waals surface area contributed by atoms with Gasteiger partial charge in [-0.25, -0.2) is 4.39 Å². The minimum Gasteiger partial charge on any atom is -0.508 e. The lowest BCUT2D eigenvalue weighted by Crippen LogP contribution is -2.30. The molecule has 0 radical (unpaired) electrons. The smallest absolute Gasteiger partial charge is 0.318 e. The second-order valence-electron chi connectivity index (χ2n) is 8.14. The number of phenols is 1. The third kappa shape index (κ3) is 3.62. The van der Waals surface area contributed by atoms with Crippen molar-refractivity contribution in [2.45, 2.75) is 26.3 Å². The predicted molar refractivity (Wildman–Crippen MR) is 122 cm³/mol. The van der Waals surface area contributed by atoms with E-state index in [-0.39, 0.29) is 30.0 Å². The molecule has 33 heavy (non-hydrogen) atoms. The molecule has 0 spiro atoms. The zero-order valence-electron chi connectivity index (χ0n) is 18.6. The maximum absolute atomic E-state index is 14.7. The third-order valence-electron chi connectivity index (χ3n) is 6.19. The number of carbonyl (C=O) groups excluding carboxylic acids is 1. The molecule has 1 amide bonds. The Morgan fingerprint density at radius 3 is 2.85 bits per heavy atom. The first-order valence-electron chi connectivity index (χ1n) is 11.0. The first-order chi connectivity index (χ1) is 16.0. The molecule has 0 aliphatic carbocycles. The first kappa shape index (κ1) is 21.4. The van der Waals surface area contributed by atoms with E-state index in [4.69, 9.17) is 9.47 Å². The summed E-state index contributed by atoms with van der Waals surface area (Å²) in [6, 6.07) is 6.28. The van der Waals surface area contributed by atoms with Gasteiger partial charge in [0.15, 0.2) is 0 Å². The number of hydrogen-bond donors (Lipinski definition) is 1. The number of hydrogen-bond acceptors (Lipinski definition) is 7. The Bertz CT molecular complexity index is 1240. The van der Waals surface area contributed by atoms with Crippen molar-refractivity contribution in [3.05, 3.63) is 46.9 Å². The van der Waals surface area contributed by atoms with Gasteiger partial charge in [0.2, 0.25) is 0 Å². The van der Waals surface area contributed by atoms with Crippen LogP contribution in [0.1, 0.15) is 35.0 Å². The second kappa shape index (κ2) is 8.47. The zero-order chi connectivity index (χ0) is 23.1. The van der Waals surface area contributed by atoms with Crippen LogP contribution in [0.4, 0.5) is 15.9 Å². The Labute approximate surface area is 190 Å². The largest absolute Gasteiger partial charge is 0.508 e. The van der Waals surface area contributed by atoms with E-state index in [1.807, 2.05) is 11.8 Å². The normalized spacial score (nSPS) is 16.3. The van der Waals surface area contributed by atoms with E-state index in [2.05, 4.69) is 9.97 Å². The van der Waals surface area contributed by atoms with Crippen molar-refractivity contribution in [1.82, 2.24) is 9.97 Å². The topological polar surface area (TPSA) is 88.0 Å². The molecule has 9 heteroatoms. The number of halogens is 1. The number of amides is 1. The van der Waals surface area contributed by atoms with E-state index >= 15 is 0 Å². The Balaban J connectivity index is 1.66. The van der Waals surface area contributed by atoms with Gasteiger partial charge in [-0.05, 0) is 35.9 Å². The Hall–Kier alpha value is -3.46. The molecule has 2 aliphatic rings. The highest BCUT2D eigenvalue weighted by Gasteiger charge is 2.37. The maximum Gasteiger partial charge on any atom is 0.318 e. The molecule has 0 atom stereocenters. The predicted octanol–water partition coefficient (Wildman–Crippen LogP) is 3.43. The van der Waals surface area contributed by atoms with Crippen molar-refractivity contribution in [2.75, 3.05) is 43.2 Å². The third-order valence-corrected chi connectivity index (χ3v) is 6.19. The van der Waals surface area contributed by atoms with E-state index in [9.17, 15) is 14.3 Å². The Morgan fingerprint density at radius 2 is 2.06 bits per heavy atom. The number of aryl methyl sites for hydroxylation is 1. The van der Waals surface area contributed by atoms with Crippen LogP contribution in [-0.4, -0.2) is 54.4 Å². The van der Waals surface area contributed by atoms with Crippen LogP contribution in [0.3, 0.4) is 0 Å². The van der Waals surface area contributed by atoms with Crippen molar-refractivity contribution in [3.63, 3.8) is 0 Å². The van der Waals surface area contributed by atoms with Crippen LogP contribution in [0.25, 0.3) is 10.8 Å². The summed E-state index contributed by atoms with van der Waals surface area (Å²) in [5.74, 6) is -0.108. The van der Waals surface area contributed by atoms with Crippen LogP contribution in [-0.2, 0) is 17.7 Å². The van der Waals surface area contributed by atoms with Crippen molar-refractivity contribution in [2.24, 2.45) is 0 Å². The van der Waals surface area contributed by atoms with Crippen LogP contribution < -0.4 is 14.5 Å². The fraction of sp³-hybridized carbons (Fsp3) is 0.375. The highest BCUT2D eigenvalue weighted by molar-refractivity contribution is 6.16. The van der Waals surface area contributed by atoms with Gasteiger partial charge in [-0.15, -0.1) is 0 Å². The molecular weight excluding hydrogens is 427 g/mol. The molecule has 3 heterocycles. The summed E-state index contributed by atoms with van der Waals surface area (Å²) in [5, 5.41) is 11.7. The lowest BCUT2D eigenvalue weighted by Gasteiger charge is -2.23. The van der Waals surface area contributed by atoms with Gasteiger partial charge < -0.3 is 24.4 Å². The quantitative estimate of drug-likeness (QED) is 0.649. The van der Waals surface area contributed by atoms with Gasteiger partial charge in [0, 0.05) is 31.1 Å². The number of fused-ring (bicyclic) bond motifs is 2. The van der Waals surface area contributed by atoms with Crippen LogP contribution in [0.15, 0.2) is 24.3 Å². The zero-order valence-corrected chi connectivity index (χ0v) is 18.6. The molecule has 172 valence electrons. The lowest BCUT2D eigenvalue weighted by molar-refractivity contribution is 0.0997. The second-order valence-corrected chi connectivity index (χ2v) is 8.14. The number of nitrogens with zero attached hydrogens (tertiary/aromatic N) is 4. The number of phenolic OH excluding ortho intramolecular Hbond substituents is 1. The molecule has 5 rings (SSSR count). The number of aromatic nitrogens is 2. The maximum atomic E-state index is 14.7. The molecule has 2 aromatic carbocycles. The van der Waals surface area contributed by atoms with E-state index in [1.165, 1.54) is 24.1 Å². The standard InChI is InChI=1S/C24H25FN4O4/c1-3-16-17(25)6-5-14-11-15(30)12-19(20(14)16)29-13-18-21(23(29)31)22(27-24(26-18)32-2)28-7-4-9-33-10-8-28/h5-6,11-12,30H,3-4,7-10,13H2,1-2H3. The van der Waals surface area contributed by atoms with Gasteiger partial charge >= 0.3 is 6.01 Å². The minimum atomic E-state index is -0.340. The van der Waals surface area contributed by atoms with E-state index in [0.29, 0.717) is 71.8 Å². The summed E-state index contributed by atoms with van der Waals surface area (Å²) in [6.45, 7) is 4.52. The summed E-state index contributed by atoms with van der Waals surface area (Å²) in [6.07, 6.45) is 1.26. The van der Waals surface area contributed by atoms with E-state index in [1.54, 1.807) is 12.1 Å². The number of methoxy groups -OCH3 is 1. The van der Waals surface area contributed by atoms with Crippen LogP contribution in [0, 0.1) is 5.82 Å². The molecule has 1 aromatic heterocycles. The first-order valence-corrected chi connectivity index (χ1v) is 11.0. The van der Waals surface area contributed by atoms with Gasteiger partial charge in [0.05, 0.1) is 31.6 Å². The number of aromatic hydroxyl groups is 1. The van der Waals surface area contributed by atoms with Crippen molar-refractivity contribution < 1.29 is 23.8 Å². The number of benzene rings is 2. The summed E-state index contributed by atoms with van der Waals surface area (Å²) >= 11 is 0. The van der Waals surface area contributed by atoms with Crippen LogP contribution in [0.5, 0.6) is 11.8 Å². The highest BCUT2D eigenvalue weighted by atomic mass is 19.1. The fourth-order valence-corrected chi connectivity index (χ4v) is 4.67. The molecule has 1 N–H and O–H groups in total. The van der Waals surface area contributed by atoms with Crippen LogP contribution in [0.2, 0.25) is 0 Å². The molecule has 0 bridgehead atoms. The number of carbonyl (C=O) groups is 1. The van der Waals surface area contributed by atoms with Crippen molar-refractivity contribution in [3.8, 4) is 11.8 Å². The molecular formula is C24H25FN4O4. The Kier molecular flexibility index (Phi) is 5.49. The molecule has 0 unspecified atom stereocenters. The molecule has 0 saturated carbocycles. The summed E-state index contributed by atoms with van der Waals surface area (Å²) < 4.78 is 25.6. The molecule has 8 nitrogen and oxygen atoms in total. The lowest BCUT2D eigenvalue weighted by atomic mass is 9.99. The van der Waals surface area contributed by atoms with Gasteiger partial charge in [-0.3, -0.25) is 4.79 Å². The number of ether oxygens (including phenoxy) is 2. The average molecular weight is 452 g/mol. The highest BCUT2D eigenvalue weighted by Crippen LogP contribution is 2.40. The molecule has 2 aliphatic heterocycles. The van der Waals surface area contributed by atoms with Crippen molar-refractivity contribution in [1.29, 1.82) is 0 Å². The average Bonchev–Trinajstić information content (AvgIpc) is 2.98. The molecule has 1 fully saturated rings. The summed E-state index contributed by atoms with van der Waals surface area (Å²) in [7, 11) is 1.49. The fourth-order valence-electron chi connectivity index (χ4n) is 4.67. The summed E-state index contributed by atoms with van der Waals surface area (Å²) in [4.78, 5) is 26.3. The minimum absolute atomic E-state index is 0.00322. The van der Waals surface area contributed by atoms with Crippen LogP contribution >= 0.6 is 0 Å². The van der Waals surface area contributed by atoms with E-state index in [0.717, 1.165) is 6.42 Å². The Morgan fingerprint density at radius 1 is 1.21 bits per heavy atom. The van der Waals surface area contributed by atoms with Crippen molar-refractivity contribution >= 4 is 28.2 Å². The molecule has 1 saturated heterocycles. The number of rotatable bonds is 4. The summed E-state index contributed by atoms with van der Waals surface area (Å²) in [5.41, 5.74) is 1.90. The van der Waals surface area contributed by atoms with Gasteiger partial charge in [0.25, 0.3) is 5.91 Å². The SMILES string of the molecule is CCc1c(F)ccc2cc(O)cc(N3Cc4nc(OC)nc(N5CCCOCC5)c4C3=O)c12.